The minimum atomic E-state index is -4.73. The Labute approximate surface area is 173 Å². The number of imide groups is 1. The molecule has 7 nitrogen and oxygen atoms in total. The van der Waals surface area contributed by atoms with Crippen LogP contribution in [0.1, 0.15) is 29.8 Å². The van der Waals surface area contributed by atoms with Gasteiger partial charge in [-0.25, -0.2) is 9.18 Å². The molecule has 0 bridgehead atoms. The normalized spacial score (nSPS) is 31.5. The molecule has 11 heteroatoms. The van der Waals surface area contributed by atoms with Crippen molar-refractivity contribution in [3.63, 3.8) is 0 Å². The number of nitrogens with one attached hydrogen (secondary N) is 2. The van der Waals surface area contributed by atoms with Crippen LogP contribution in [0.3, 0.4) is 0 Å². The van der Waals surface area contributed by atoms with Crippen molar-refractivity contribution in [1.82, 2.24) is 10.6 Å². The van der Waals surface area contributed by atoms with Crippen LogP contribution in [0.4, 0.5) is 28.0 Å². The second-order valence-corrected chi connectivity index (χ2v) is 8.32. The fraction of sp³-hybridized carbons (Fsp3) is 0.450. The topological polar surface area (TPSA) is 87.7 Å². The zero-order valence-electron chi connectivity index (χ0n) is 16.4. The van der Waals surface area contributed by atoms with Gasteiger partial charge in [0.1, 0.15) is 17.3 Å². The van der Waals surface area contributed by atoms with Crippen molar-refractivity contribution in [1.29, 1.82) is 0 Å². The summed E-state index contributed by atoms with van der Waals surface area (Å²) in [6, 6.07) is 0.614. The number of hydrogen-bond donors (Lipinski definition) is 2. The number of fused-ring (bicyclic) bond motifs is 2. The van der Waals surface area contributed by atoms with Crippen LogP contribution in [0.5, 0.6) is 0 Å². The van der Waals surface area contributed by atoms with Gasteiger partial charge in [-0.15, -0.1) is 0 Å². The lowest BCUT2D eigenvalue weighted by Gasteiger charge is -2.54. The van der Waals surface area contributed by atoms with E-state index in [1.807, 2.05) is 0 Å². The lowest BCUT2D eigenvalue weighted by atomic mass is 9.69. The fourth-order valence-electron chi connectivity index (χ4n) is 5.37. The number of amides is 3. The summed E-state index contributed by atoms with van der Waals surface area (Å²) in [7, 11) is 0. The Balaban J connectivity index is 1.77. The Morgan fingerprint density at radius 2 is 1.97 bits per heavy atom. The first-order valence-electron chi connectivity index (χ1n) is 9.61. The average Bonchev–Trinajstić information content (AvgIpc) is 2.91. The van der Waals surface area contributed by atoms with Gasteiger partial charge in [-0.1, -0.05) is 0 Å². The average molecular weight is 439 g/mol. The summed E-state index contributed by atoms with van der Waals surface area (Å²) in [4.78, 5) is 38.2. The highest BCUT2D eigenvalue weighted by Gasteiger charge is 2.68. The van der Waals surface area contributed by atoms with E-state index in [4.69, 9.17) is 4.74 Å². The molecular weight excluding hydrogens is 422 g/mol. The SMILES string of the molecule is CC(=O)c1cc(F)c2c(c1)C[C@]13C(=O)NC(=O)NC1=C(C)C1O[C@H](C(F)(F)F)CN2[C@H]13. The van der Waals surface area contributed by atoms with Gasteiger partial charge in [0, 0.05) is 11.3 Å². The molecule has 5 rings (SSSR count). The highest BCUT2D eigenvalue weighted by Crippen LogP contribution is 2.57. The van der Waals surface area contributed by atoms with Crippen molar-refractivity contribution >= 4 is 23.4 Å². The van der Waals surface area contributed by atoms with Crippen LogP contribution in [0.15, 0.2) is 23.4 Å². The van der Waals surface area contributed by atoms with Crippen LogP contribution in [0, 0.1) is 11.2 Å². The lowest BCUT2D eigenvalue weighted by molar-refractivity contribution is -0.237. The molecule has 4 aliphatic rings. The number of Topliss-reactive ketones (excluding diaryl/α,β-unsaturated/α-hetero) is 1. The van der Waals surface area contributed by atoms with E-state index < -0.39 is 59.9 Å². The molecule has 2 N–H and O–H groups in total. The molecule has 2 fully saturated rings. The molecule has 1 spiro atoms. The number of rotatable bonds is 1. The van der Waals surface area contributed by atoms with E-state index >= 15 is 4.39 Å². The number of alkyl halides is 3. The van der Waals surface area contributed by atoms with Gasteiger partial charge in [-0.3, -0.25) is 14.9 Å². The third kappa shape index (κ3) is 2.52. The van der Waals surface area contributed by atoms with Gasteiger partial charge >= 0.3 is 12.2 Å². The summed E-state index contributed by atoms with van der Waals surface area (Å²) < 4.78 is 61.5. The van der Waals surface area contributed by atoms with Crippen molar-refractivity contribution in [2.75, 3.05) is 11.4 Å². The molecular formula is C20H17F4N3O4. The standard InChI is InChI=1S/C20H17F4N3O4/c1-7-14-16-19(15(7)25-18(30)26-17(19)29)5-10-3-9(8(2)28)4-11(21)13(10)27(16)6-12(31-14)20(22,23)24/h3-4,12,14,16H,5-6H2,1-2H3,(H2,25,26,29,30)/t12-,14?,16+,19-/m0/s1. The minimum absolute atomic E-state index is 0.0452. The molecule has 0 saturated carbocycles. The fourth-order valence-corrected chi connectivity index (χ4v) is 5.37. The summed E-state index contributed by atoms with van der Waals surface area (Å²) in [5, 5.41) is 4.74. The number of nitrogens with zero attached hydrogens (tertiary/aromatic N) is 1. The summed E-state index contributed by atoms with van der Waals surface area (Å²) >= 11 is 0. The highest BCUT2D eigenvalue weighted by molar-refractivity contribution is 6.05. The Morgan fingerprint density at radius 1 is 1.26 bits per heavy atom. The van der Waals surface area contributed by atoms with Crippen LogP contribution < -0.4 is 15.5 Å². The maximum absolute atomic E-state index is 15.1. The number of benzene rings is 1. The van der Waals surface area contributed by atoms with Gasteiger partial charge in [-0.2, -0.15) is 13.2 Å². The highest BCUT2D eigenvalue weighted by atomic mass is 19.4. The third-order valence-electron chi connectivity index (χ3n) is 6.61. The number of hydrogen-bond acceptors (Lipinski definition) is 5. The van der Waals surface area contributed by atoms with Crippen molar-refractivity contribution in [3.8, 4) is 0 Å². The van der Waals surface area contributed by atoms with Crippen molar-refractivity contribution in [2.24, 2.45) is 5.41 Å². The van der Waals surface area contributed by atoms with Crippen LogP contribution in [-0.2, 0) is 16.0 Å². The zero-order chi connectivity index (χ0) is 22.5. The number of morpholine rings is 1. The van der Waals surface area contributed by atoms with Crippen molar-refractivity contribution in [3.05, 3.63) is 40.3 Å². The Hall–Kier alpha value is -2.95. The van der Waals surface area contributed by atoms with Crippen molar-refractivity contribution < 1.29 is 36.7 Å². The molecule has 0 aromatic heterocycles. The van der Waals surface area contributed by atoms with Crippen LogP contribution in [0.2, 0.25) is 0 Å². The first kappa shape index (κ1) is 20.0. The summed E-state index contributed by atoms with van der Waals surface area (Å²) in [6.07, 6.45) is -8.23. The molecule has 1 aliphatic carbocycles. The van der Waals surface area contributed by atoms with Gasteiger partial charge in [0.2, 0.25) is 5.91 Å². The predicted octanol–water partition coefficient (Wildman–Crippen LogP) is 2.20. The molecule has 1 aromatic rings. The number of anilines is 1. The third-order valence-corrected chi connectivity index (χ3v) is 6.61. The molecule has 1 aromatic carbocycles. The lowest BCUT2D eigenvalue weighted by Crippen LogP contribution is -2.70. The van der Waals surface area contributed by atoms with Gasteiger partial charge in [0.05, 0.1) is 18.3 Å². The molecule has 3 heterocycles. The number of carbonyl (C=O) groups excluding carboxylic acids is 3. The summed E-state index contributed by atoms with van der Waals surface area (Å²) in [6.45, 7) is 2.02. The second-order valence-electron chi connectivity index (χ2n) is 8.32. The molecule has 3 amide bonds. The quantitative estimate of drug-likeness (QED) is 0.518. The zero-order valence-corrected chi connectivity index (χ0v) is 16.4. The van der Waals surface area contributed by atoms with E-state index in [0.29, 0.717) is 0 Å². The van der Waals surface area contributed by atoms with Crippen LogP contribution >= 0.6 is 0 Å². The Morgan fingerprint density at radius 3 is 2.61 bits per heavy atom. The second kappa shape index (κ2) is 6.06. The molecule has 2 saturated heterocycles. The number of halogens is 4. The first-order chi connectivity index (χ1) is 14.4. The smallest absolute Gasteiger partial charge is 0.359 e. The molecule has 4 atom stereocenters. The predicted molar refractivity (Wildman–Crippen MR) is 97.8 cm³/mol. The van der Waals surface area contributed by atoms with Crippen molar-refractivity contribution in [2.45, 2.75) is 44.7 Å². The summed E-state index contributed by atoms with van der Waals surface area (Å²) in [5.41, 5.74) is -0.837. The van der Waals surface area contributed by atoms with E-state index in [1.165, 1.54) is 24.8 Å². The minimum Gasteiger partial charge on any atom is -0.359 e. The number of ketones is 1. The van der Waals surface area contributed by atoms with E-state index in [2.05, 4.69) is 10.6 Å². The van der Waals surface area contributed by atoms with Gasteiger partial charge in [0.25, 0.3) is 0 Å². The van der Waals surface area contributed by atoms with Crippen LogP contribution in [0.25, 0.3) is 0 Å². The van der Waals surface area contributed by atoms with E-state index in [0.717, 1.165) is 6.07 Å². The van der Waals surface area contributed by atoms with Gasteiger partial charge < -0.3 is 15.0 Å². The largest absolute Gasteiger partial charge is 0.416 e. The number of ether oxygens (including phenoxy) is 1. The van der Waals surface area contributed by atoms with E-state index in [1.54, 1.807) is 0 Å². The summed E-state index contributed by atoms with van der Waals surface area (Å²) in [5.74, 6) is -1.96. The first-order valence-corrected chi connectivity index (χ1v) is 9.61. The molecule has 31 heavy (non-hydrogen) atoms. The monoisotopic (exact) mass is 439 g/mol. The molecule has 0 radical (unpaired) electrons. The molecule has 3 aliphatic heterocycles. The Kier molecular flexibility index (Phi) is 3.90. The van der Waals surface area contributed by atoms with Gasteiger partial charge in [0.15, 0.2) is 11.9 Å². The number of carbonyl (C=O) groups is 3. The van der Waals surface area contributed by atoms with Crippen LogP contribution in [-0.4, -0.2) is 48.7 Å². The molecule has 1 unspecified atom stereocenters. The van der Waals surface area contributed by atoms with E-state index in [9.17, 15) is 27.6 Å². The van der Waals surface area contributed by atoms with E-state index in [-0.39, 0.29) is 34.5 Å². The maximum atomic E-state index is 15.1. The molecule has 164 valence electrons. The Bertz CT molecular complexity index is 1100. The maximum Gasteiger partial charge on any atom is 0.416 e. The number of urea groups is 1. The van der Waals surface area contributed by atoms with Gasteiger partial charge in [-0.05, 0) is 43.5 Å².